The summed E-state index contributed by atoms with van der Waals surface area (Å²) in [5.74, 6) is 0. The van der Waals surface area contributed by atoms with Gasteiger partial charge in [0.25, 0.3) is 0 Å². The molecule has 4 aliphatic rings. The molecule has 1 fully saturated rings. The number of anilines is 5. The average molecular weight is 887 g/mol. The van der Waals surface area contributed by atoms with E-state index in [4.69, 9.17) is 0 Å². The first-order valence-electron chi connectivity index (χ1n) is 25.1. The largest absolute Gasteiger partial charge is 0.355 e. The second-order valence-electron chi connectivity index (χ2n) is 21.2. The van der Waals surface area contributed by atoms with Crippen molar-refractivity contribution in [2.24, 2.45) is 0 Å². The van der Waals surface area contributed by atoms with Gasteiger partial charge in [0, 0.05) is 38.7 Å². The third-order valence-corrected chi connectivity index (χ3v) is 17.0. The predicted molar refractivity (Wildman–Crippen MR) is 291 cm³/mol. The molecule has 2 nitrogen and oxygen atoms in total. The normalized spacial score (nSPS) is 16.3. The summed E-state index contributed by atoms with van der Waals surface area (Å²) in [6.07, 6.45) is 4.84. The average Bonchev–Trinajstić information content (AvgIpc) is 3.99. The summed E-state index contributed by atoms with van der Waals surface area (Å²) in [6, 6.07) is 76.1. The molecular formula is C67H54N2. The second-order valence-corrected chi connectivity index (χ2v) is 21.2. The van der Waals surface area contributed by atoms with Crippen LogP contribution in [0.15, 0.2) is 200 Å². The molecule has 0 radical (unpaired) electrons. The van der Waals surface area contributed by atoms with Gasteiger partial charge < -0.3 is 10.2 Å². The Bertz CT molecular complexity index is 3770. The number of para-hydroxylation sites is 5. The summed E-state index contributed by atoms with van der Waals surface area (Å²) < 4.78 is 0. The maximum atomic E-state index is 3.99. The van der Waals surface area contributed by atoms with Crippen LogP contribution in [0.2, 0.25) is 0 Å². The molecule has 0 saturated heterocycles. The number of fused-ring (bicyclic) bond motifs is 11. The van der Waals surface area contributed by atoms with E-state index in [9.17, 15) is 0 Å². The van der Waals surface area contributed by atoms with Gasteiger partial charge in [-0.2, -0.15) is 0 Å². The van der Waals surface area contributed by atoms with Crippen LogP contribution in [0.1, 0.15) is 86.8 Å². The van der Waals surface area contributed by atoms with Crippen LogP contribution in [0.25, 0.3) is 66.1 Å². The van der Waals surface area contributed by atoms with Crippen LogP contribution in [0.5, 0.6) is 0 Å². The van der Waals surface area contributed by atoms with Gasteiger partial charge in [-0.1, -0.05) is 210 Å². The van der Waals surface area contributed by atoms with Crippen molar-refractivity contribution in [2.45, 2.75) is 69.6 Å². The van der Waals surface area contributed by atoms with E-state index in [1.54, 1.807) is 0 Å². The molecule has 332 valence electrons. The smallest absolute Gasteiger partial charge is 0.0581 e. The number of rotatable bonds is 4. The van der Waals surface area contributed by atoms with Crippen LogP contribution >= 0.6 is 0 Å². The minimum absolute atomic E-state index is 0.0126. The first-order valence-corrected chi connectivity index (χ1v) is 25.1. The molecule has 1 N–H and O–H groups in total. The van der Waals surface area contributed by atoms with E-state index in [0.717, 1.165) is 5.69 Å². The Kier molecular flexibility index (Phi) is 8.58. The lowest BCUT2D eigenvalue weighted by Gasteiger charge is -2.43. The fourth-order valence-electron chi connectivity index (χ4n) is 13.9. The molecule has 1 saturated carbocycles. The molecule has 2 aliphatic heterocycles. The third kappa shape index (κ3) is 5.55. The highest BCUT2D eigenvalue weighted by atomic mass is 15.2. The summed E-state index contributed by atoms with van der Waals surface area (Å²) in [4.78, 5) is 2.53. The fourth-order valence-corrected chi connectivity index (χ4v) is 13.9. The van der Waals surface area contributed by atoms with Crippen molar-refractivity contribution in [1.29, 1.82) is 0 Å². The zero-order valence-electron chi connectivity index (χ0n) is 39.8. The maximum absolute atomic E-state index is 3.99. The van der Waals surface area contributed by atoms with Crippen molar-refractivity contribution in [3.05, 3.63) is 234 Å². The Morgan fingerprint density at radius 3 is 1.68 bits per heavy atom. The highest BCUT2D eigenvalue weighted by molar-refractivity contribution is 6.21. The van der Waals surface area contributed by atoms with Crippen molar-refractivity contribution in [1.82, 2.24) is 0 Å². The highest BCUT2D eigenvalue weighted by Gasteiger charge is 2.47. The van der Waals surface area contributed by atoms with E-state index in [0.29, 0.717) is 0 Å². The first kappa shape index (κ1) is 40.4. The molecule has 0 aromatic heterocycles. The molecule has 0 bridgehead atoms. The van der Waals surface area contributed by atoms with Gasteiger partial charge in [0.2, 0.25) is 0 Å². The van der Waals surface area contributed by atoms with Gasteiger partial charge in [0.1, 0.15) is 0 Å². The van der Waals surface area contributed by atoms with Gasteiger partial charge in [-0.05, 0) is 131 Å². The Balaban J connectivity index is 1.11. The minimum atomic E-state index is -0.232. The molecule has 2 heteroatoms. The Hall–Kier alpha value is -7.68. The van der Waals surface area contributed by atoms with Gasteiger partial charge in [-0.15, -0.1) is 0 Å². The first-order chi connectivity index (χ1) is 33.8. The van der Waals surface area contributed by atoms with Crippen molar-refractivity contribution < 1.29 is 0 Å². The Morgan fingerprint density at radius 2 is 0.913 bits per heavy atom. The van der Waals surface area contributed by atoms with Gasteiger partial charge in [-0.3, -0.25) is 0 Å². The molecule has 10 aromatic rings. The van der Waals surface area contributed by atoms with E-state index in [1.807, 2.05) is 0 Å². The Labute approximate surface area is 405 Å². The van der Waals surface area contributed by atoms with E-state index < -0.39 is 0 Å². The summed E-state index contributed by atoms with van der Waals surface area (Å²) in [5, 5.41) is 9.10. The molecule has 14 rings (SSSR count). The molecule has 10 aromatic carbocycles. The minimum Gasteiger partial charge on any atom is -0.355 e. The predicted octanol–water partition coefficient (Wildman–Crippen LogP) is 18.3. The Morgan fingerprint density at radius 1 is 0.391 bits per heavy atom. The topological polar surface area (TPSA) is 15.3 Å². The van der Waals surface area contributed by atoms with Crippen LogP contribution in [-0.2, 0) is 16.2 Å². The van der Waals surface area contributed by atoms with Crippen LogP contribution in [0, 0.1) is 0 Å². The van der Waals surface area contributed by atoms with Crippen LogP contribution in [0.3, 0.4) is 0 Å². The lowest BCUT2D eigenvalue weighted by molar-refractivity contribution is 0.551. The van der Waals surface area contributed by atoms with E-state index in [2.05, 4.69) is 238 Å². The van der Waals surface area contributed by atoms with Gasteiger partial charge in [0.15, 0.2) is 0 Å². The number of hydrogen-bond donors (Lipinski definition) is 1. The maximum Gasteiger partial charge on any atom is 0.0581 e. The van der Waals surface area contributed by atoms with Crippen molar-refractivity contribution in [3.63, 3.8) is 0 Å². The third-order valence-electron chi connectivity index (χ3n) is 17.0. The molecule has 2 heterocycles. The SMILES string of the molecule is CC1(C)c2ccccc2Nc2c(-c3cccc4c(-c5cccc6c5C5(CCCC5)c5ccccc5-6)c5cccc(-c6cccc7c6N(c6ccccc6)c6ccccc6C7(C)C)c5cc34)cccc21. The molecule has 2 aliphatic carbocycles. The molecule has 0 amide bonds. The van der Waals surface area contributed by atoms with Crippen molar-refractivity contribution >= 4 is 50.0 Å². The molecular weight excluding hydrogens is 833 g/mol. The zero-order valence-corrected chi connectivity index (χ0v) is 39.8. The second kappa shape index (κ2) is 14.7. The summed E-state index contributed by atoms with van der Waals surface area (Å²) in [5.41, 5.74) is 24.4. The zero-order chi connectivity index (χ0) is 46.2. The quantitative estimate of drug-likeness (QED) is 0.177. The number of nitrogens with zero attached hydrogens (tertiary/aromatic N) is 1. The van der Waals surface area contributed by atoms with E-state index in [-0.39, 0.29) is 16.2 Å². The summed E-state index contributed by atoms with van der Waals surface area (Å²) in [7, 11) is 0. The van der Waals surface area contributed by atoms with E-state index >= 15 is 0 Å². The van der Waals surface area contributed by atoms with Crippen LogP contribution in [-0.4, -0.2) is 0 Å². The monoisotopic (exact) mass is 886 g/mol. The molecule has 0 atom stereocenters. The number of hydrogen-bond acceptors (Lipinski definition) is 2. The van der Waals surface area contributed by atoms with Gasteiger partial charge in [-0.25, -0.2) is 0 Å². The summed E-state index contributed by atoms with van der Waals surface area (Å²) >= 11 is 0. The fraction of sp³-hybridized carbons (Fsp3) is 0.164. The molecule has 69 heavy (non-hydrogen) atoms. The summed E-state index contributed by atoms with van der Waals surface area (Å²) in [6.45, 7) is 9.56. The van der Waals surface area contributed by atoms with Crippen LogP contribution in [0.4, 0.5) is 28.4 Å². The number of nitrogens with one attached hydrogen (secondary N) is 1. The number of benzene rings is 10. The van der Waals surface area contributed by atoms with Crippen molar-refractivity contribution in [3.8, 4) is 44.5 Å². The molecule has 1 spiro atoms. The standard InChI is InChI=1S/C67H54N2/c1-65(2)55-33-10-12-37-59(55)68-63-49(29-19-35-57(63)65)43-24-16-26-46-52(43)41-53-44(50-30-20-36-58-64(50)69(42-21-6-5-7-22-42)60-38-13-11-34-56(60)66(58,3)4)25-17-27-47(53)61(46)51-31-18-28-48-45-23-8-9-32-54(45)67(62(48)51)39-14-15-40-67/h5-13,16-38,41,68H,14-15,39-40H2,1-4H3. The van der Waals surface area contributed by atoms with Gasteiger partial charge >= 0.3 is 0 Å². The van der Waals surface area contributed by atoms with Crippen LogP contribution < -0.4 is 10.2 Å². The lowest BCUT2D eigenvalue weighted by atomic mass is 9.71. The van der Waals surface area contributed by atoms with Gasteiger partial charge in [0.05, 0.1) is 17.1 Å². The van der Waals surface area contributed by atoms with E-state index in [1.165, 1.54) is 148 Å². The van der Waals surface area contributed by atoms with Crippen molar-refractivity contribution in [2.75, 3.05) is 10.2 Å². The lowest BCUT2D eigenvalue weighted by Crippen LogP contribution is -2.31. The molecule has 0 unspecified atom stereocenters. The highest BCUT2D eigenvalue weighted by Crippen LogP contribution is 2.61.